The summed E-state index contributed by atoms with van der Waals surface area (Å²) >= 11 is 0. The smallest absolute Gasteiger partial charge is 0.325 e. The molecule has 3 aliphatic rings. The highest BCUT2D eigenvalue weighted by Gasteiger charge is 2.58. The number of piperidine rings is 1. The van der Waals surface area contributed by atoms with Gasteiger partial charge in [0.1, 0.15) is 11.8 Å². The summed E-state index contributed by atoms with van der Waals surface area (Å²) in [7, 11) is -3.77. The maximum absolute atomic E-state index is 13.7. The van der Waals surface area contributed by atoms with Crippen LogP contribution in [0.25, 0.3) is 0 Å². The van der Waals surface area contributed by atoms with E-state index in [1.165, 1.54) is 0 Å². The van der Waals surface area contributed by atoms with Gasteiger partial charge in [-0.3, -0.25) is 14.5 Å². The zero-order chi connectivity index (χ0) is 21.0. The van der Waals surface area contributed by atoms with Crippen molar-refractivity contribution in [2.75, 3.05) is 0 Å². The quantitative estimate of drug-likeness (QED) is 0.812. The summed E-state index contributed by atoms with van der Waals surface area (Å²) in [6.45, 7) is 0. The molecular formula is C23H23NO5S. The van der Waals surface area contributed by atoms with Gasteiger partial charge in [0.2, 0.25) is 0 Å². The van der Waals surface area contributed by atoms with Gasteiger partial charge in [0.15, 0.2) is 9.84 Å². The fraction of sp³-hybridized carbons (Fsp3) is 0.391. The van der Waals surface area contributed by atoms with Crippen molar-refractivity contribution in [2.45, 2.75) is 54.0 Å². The highest BCUT2D eigenvalue weighted by atomic mass is 32.2. The van der Waals surface area contributed by atoms with Gasteiger partial charge in [-0.1, -0.05) is 42.5 Å². The maximum atomic E-state index is 13.7. The van der Waals surface area contributed by atoms with Crippen LogP contribution in [-0.4, -0.2) is 41.5 Å². The van der Waals surface area contributed by atoms with Gasteiger partial charge in [0, 0.05) is 18.4 Å². The molecule has 0 radical (unpaired) electrons. The van der Waals surface area contributed by atoms with E-state index in [9.17, 15) is 23.1 Å². The number of benzene rings is 2. The van der Waals surface area contributed by atoms with Crippen LogP contribution in [0.4, 0.5) is 0 Å². The van der Waals surface area contributed by atoms with Crippen LogP contribution in [-0.2, 0) is 19.4 Å². The van der Waals surface area contributed by atoms with Crippen molar-refractivity contribution in [1.29, 1.82) is 0 Å². The van der Waals surface area contributed by atoms with Gasteiger partial charge in [-0.25, -0.2) is 8.42 Å². The average molecular weight is 426 g/mol. The Morgan fingerprint density at radius 1 is 1.00 bits per heavy atom. The normalized spacial score (nSPS) is 30.9. The molecule has 156 valence electrons. The number of hydrogen-bond donors (Lipinski definition) is 1. The van der Waals surface area contributed by atoms with Gasteiger partial charge in [0.25, 0.3) is 0 Å². The van der Waals surface area contributed by atoms with Gasteiger partial charge in [-0.05, 0) is 42.5 Å². The van der Waals surface area contributed by atoms with E-state index in [0.717, 1.165) is 5.56 Å². The largest absolute Gasteiger partial charge is 0.480 e. The number of aliphatic carboxylic acids is 1. The molecule has 2 aromatic carbocycles. The minimum absolute atomic E-state index is 0.0538. The van der Waals surface area contributed by atoms with Gasteiger partial charge in [0.05, 0.1) is 16.2 Å². The molecule has 30 heavy (non-hydrogen) atoms. The fourth-order valence-electron chi connectivity index (χ4n) is 5.75. The van der Waals surface area contributed by atoms with Crippen molar-refractivity contribution in [1.82, 2.24) is 4.90 Å². The molecule has 2 aliphatic heterocycles. The average Bonchev–Trinajstić information content (AvgIpc) is 3.10. The summed E-state index contributed by atoms with van der Waals surface area (Å²) in [4.78, 5) is 27.2. The molecule has 2 heterocycles. The van der Waals surface area contributed by atoms with E-state index in [1.54, 1.807) is 42.5 Å². The number of carbonyl (C=O) groups excluding carboxylic acids is 1. The number of fused-ring (bicyclic) bond motifs is 5. The van der Waals surface area contributed by atoms with Crippen molar-refractivity contribution in [3.8, 4) is 0 Å². The number of nitrogens with zero attached hydrogens (tertiary/aromatic N) is 1. The number of ketones is 1. The predicted molar refractivity (Wildman–Crippen MR) is 110 cm³/mol. The Hall–Kier alpha value is -2.51. The summed E-state index contributed by atoms with van der Waals surface area (Å²) in [5, 5.41) is 9.22. The minimum atomic E-state index is -3.77. The maximum Gasteiger partial charge on any atom is 0.325 e. The first-order valence-electron chi connectivity index (χ1n) is 10.3. The third-order valence-corrected chi connectivity index (χ3v) is 9.13. The lowest BCUT2D eigenvalue weighted by atomic mass is 9.75. The van der Waals surface area contributed by atoms with Crippen LogP contribution < -0.4 is 0 Å². The molecule has 0 bridgehead atoms. The van der Waals surface area contributed by atoms with E-state index < -0.39 is 39.1 Å². The van der Waals surface area contributed by atoms with Crippen LogP contribution in [0.2, 0.25) is 0 Å². The van der Waals surface area contributed by atoms with Crippen LogP contribution in [0.3, 0.4) is 0 Å². The molecule has 5 rings (SSSR count). The summed E-state index contributed by atoms with van der Waals surface area (Å²) in [5.41, 5.74) is 1.40. The first kappa shape index (κ1) is 19.5. The third kappa shape index (κ3) is 2.76. The van der Waals surface area contributed by atoms with E-state index in [0.29, 0.717) is 24.8 Å². The Balaban J connectivity index is 1.71. The number of hydrogen-bond acceptors (Lipinski definition) is 5. The molecule has 1 aliphatic carbocycles. The third-order valence-electron chi connectivity index (χ3n) is 6.96. The topological polar surface area (TPSA) is 91.8 Å². The van der Waals surface area contributed by atoms with Gasteiger partial charge in [-0.15, -0.1) is 0 Å². The Morgan fingerprint density at radius 2 is 1.67 bits per heavy atom. The Bertz CT molecular complexity index is 1110. The molecule has 0 aromatic heterocycles. The first-order valence-corrected chi connectivity index (χ1v) is 11.9. The second-order valence-electron chi connectivity index (χ2n) is 8.43. The highest BCUT2D eigenvalue weighted by Crippen LogP contribution is 2.55. The van der Waals surface area contributed by atoms with Crippen LogP contribution in [0.1, 0.15) is 48.9 Å². The number of rotatable bonds is 3. The molecule has 7 heteroatoms. The molecule has 2 aromatic rings. The number of carboxylic acid groups (broad SMARTS) is 1. The lowest BCUT2D eigenvalue weighted by Crippen LogP contribution is -2.57. The van der Waals surface area contributed by atoms with E-state index >= 15 is 0 Å². The lowest BCUT2D eigenvalue weighted by molar-refractivity contribution is -0.150. The zero-order valence-electron chi connectivity index (χ0n) is 16.3. The summed E-state index contributed by atoms with van der Waals surface area (Å²) < 4.78 is 27.4. The van der Waals surface area contributed by atoms with Crippen molar-refractivity contribution in [3.63, 3.8) is 0 Å². The zero-order valence-corrected chi connectivity index (χ0v) is 17.2. The number of sulfone groups is 1. The van der Waals surface area contributed by atoms with E-state index in [2.05, 4.69) is 0 Å². The molecule has 1 N–H and O–H groups in total. The second kappa shape index (κ2) is 7.03. The van der Waals surface area contributed by atoms with Gasteiger partial charge >= 0.3 is 5.97 Å². The number of carboxylic acids is 1. The van der Waals surface area contributed by atoms with Crippen LogP contribution >= 0.6 is 0 Å². The first-order chi connectivity index (χ1) is 14.4. The van der Waals surface area contributed by atoms with Crippen LogP contribution in [0.5, 0.6) is 0 Å². The Labute approximate surface area is 175 Å². The van der Waals surface area contributed by atoms with Crippen LogP contribution in [0, 0.1) is 5.92 Å². The summed E-state index contributed by atoms with van der Waals surface area (Å²) in [5.74, 6) is -1.40. The van der Waals surface area contributed by atoms with E-state index in [4.69, 9.17) is 0 Å². The monoisotopic (exact) mass is 425 g/mol. The van der Waals surface area contributed by atoms with E-state index in [-0.39, 0.29) is 23.1 Å². The molecule has 0 unspecified atom stereocenters. The SMILES string of the molecule is O=C1CCC[C@@H]2[C@@H]1C[C@@H](S(=O)(=O)c1ccccc1)[C@H]1c3ccccc3[C@@H](C(=O)O)N21. The van der Waals surface area contributed by atoms with Gasteiger partial charge < -0.3 is 5.11 Å². The molecule has 1 saturated carbocycles. The Morgan fingerprint density at radius 3 is 2.37 bits per heavy atom. The van der Waals surface area contributed by atoms with Crippen molar-refractivity contribution >= 4 is 21.6 Å². The van der Waals surface area contributed by atoms with Crippen molar-refractivity contribution in [3.05, 3.63) is 65.7 Å². The molecule has 1 saturated heterocycles. The van der Waals surface area contributed by atoms with Crippen molar-refractivity contribution in [2.24, 2.45) is 5.92 Å². The second-order valence-corrected chi connectivity index (χ2v) is 10.6. The predicted octanol–water partition coefficient (Wildman–Crippen LogP) is 3.15. The molecule has 0 amide bonds. The summed E-state index contributed by atoms with van der Waals surface area (Å²) in [6.07, 6.45) is 2.09. The standard InChI is InChI=1S/C23H23NO5S/c25-19-12-6-11-18-17(19)13-20(30(28,29)14-7-2-1-3-8-14)21-15-9-4-5-10-16(15)22(23(26)27)24(18)21/h1-5,7-10,17-18,20-22H,6,11-13H2,(H,26,27)/t17-,18+,20+,21+,22-/m0/s1. The molecule has 0 spiro atoms. The summed E-state index contributed by atoms with van der Waals surface area (Å²) in [6, 6.07) is 13.8. The Kier molecular flexibility index (Phi) is 4.56. The molecular weight excluding hydrogens is 402 g/mol. The van der Waals surface area contributed by atoms with E-state index in [1.807, 2.05) is 17.0 Å². The lowest BCUT2D eigenvalue weighted by Gasteiger charge is -2.49. The number of Topliss-reactive ketones (excluding diaryl/α,β-unsaturated/α-hetero) is 1. The van der Waals surface area contributed by atoms with Crippen LogP contribution in [0.15, 0.2) is 59.5 Å². The number of carbonyl (C=O) groups is 2. The molecule has 6 nitrogen and oxygen atoms in total. The highest BCUT2D eigenvalue weighted by molar-refractivity contribution is 7.92. The molecule has 2 fully saturated rings. The fourth-order valence-corrected chi connectivity index (χ4v) is 7.73. The van der Waals surface area contributed by atoms with Crippen molar-refractivity contribution < 1.29 is 23.1 Å². The van der Waals surface area contributed by atoms with Gasteiger partial charge in [-0.2, -0.15) is 0 Å². The minimum Gasteiger partial charge on any atom is -0.480 e. The molecule has 5 atom stereocenters.